The molecule has 1 amide bonds. The van der Waals surface area contributed by atoms with Crippen LogP contribution >= 0.6 is 11.3 Å². The van der Waals surface area contributed by atoms with Gasteiger partial charge in [-0.2, -0.15) is 5.10 Å². The molecule has 2 aromatic heterocycles. The van der Waals surface area contributed by atoms with Crippen LogP contribution in [-0.4, -0.2) is 15.7 Å². The van der Waals surface area contributed by atoms with Crippen LogP contribution in [0.1, 0.15) is 34.2 Å². The zero-order chi connectivity index (χ0) is 16.9. The number of nitrogens with zero attached hydrogens (tertiary/aromatic N) is 2. The van der Waals surface area contributed by atoms with Crippen LogP contribution in [-0.2, 0) is 18.3 Å². The molecule has 0 saturated carbocycles. The number of rotatable bonds is 6. The van der Waals surface area contributed by atoms with Gasteiger partial charge in [0.25, 0.3) is 0 Å². The van der Waals surface area contributed by atoms with Crippen molar-refractivity contribution in [1.82, 2.24) is 15.1 Å². The smallest absolute Gasteiger partial charge is 0.221 e. The molecule has 0 radical (unpaired) electrons. The Balaban J connectivity index is 1.71. The monoisotopic (exact) mass is 339 g/mol. The van der Waals surface area contributed by atoms with Gasteiger partial charge in [0, 0.05) is 30.2 Å². The molecule has 0 spiro atoms. The lowest BCUT2D eigenvalue weighted by Gasteiger charge is -2.18. The number of hydrogen-bond donors (Lipinski definition) is 1. The third-order valence-electron chi connectivity index (χ3n) is 4.07. The molecule has 0 unspecified atom stereocenters. The summed E-state index contributed by atoms with van der Waals surface area (Å²) in [7, 11) is 1.90. The summed E-state index contributed by atoms with van der Waals surface area (Å²) in [4.78, 5) is 13.6. The highest BCUT2D eigenvalue weighted by atomic mass is 32.1. The molecule has 4 nitrogen and oxygen atoms in total. The third kappa shape index (κ3) is 3.92. The molecule has 0 saturated heterocycles. The summed E-state index contributed by atoms with van der Waals surface area (Å²) >= 11 is 1.66. The van der Waals surface area contributed by atoms with E-state index in [1.807, 2.05) is 29.2 Å². The van der Waals surface area contributed by atoms with Crippen molar-refractivity contribution in [3.05, 3.63) is 75.7 Å². The van der Waals surface area contributed by atoms with E-state index < -0.39 is 0 Å². The maximum atomic E-state index is 12.5. The van der Waals surface area contributed by atoms with Gasteiger partial charge in [0.2, 0.25) is 5.91 Å². The second-order valence-corrected chi connectivity index (χ2v) is 6.85. The molecule has 5 heteroatoms. The van der Waals surface area contributed by atoms with E-state index in [4.69, 9.17) is 0 Å². The first kappa shape index (κ1) is 16.5. The number of aromatic nitrogens is 2. The van der Waals surface area contributed by atoms with E-state index in [0.29, 0.717) is 12.8 Å². The van der Waals surface area contributed by atoms with Crippen molar-refractivity contribution in [3.8, 4) is 0 Å². The maximum absolute atomic E-state index is 12.5. The van der Waals surface area contributed by atoms with Gasteiger partial charge < -0.3 is 5.32 Å². The van der Waals surface area contributed by atoms with Crippen LogP contribution in [0.15, 0.2) is 54.0 Å². The molecule has 1 N–H and O–H groups in total. The minimum atomic E-state index is -0.0929. The van der Waals surface area contributed by atoms with Crippen molar-refractivity contribution in [2.75, 3.05) is 0 Å². The zero-order valence-electron chi connectivity index (χ0n) is 13.9. The predicted octanol–water partition coefficient (Wildman–Crippen LogP) is 3.63. The number of thiophene rings is 1. The zero-order valence-corrected chi connectivity index (χ0v) is 14.7. The van der Waals surface area contributed by atoms with Gasteiger partial charge in [-0.05, 0) is 36.4 Å². The third-order valence-corrected chi connectivity index (χ3v) is 5.01. The Kier molecular flexibility index (Phi) is 5.11. The molecule has 124 valence electrons. The number of nitrogens with one attached hydrogen (secondary N) is 1. The van der Waals surface area contributed by atoms with Crippen LogP contribution in [0.2, 0.25) is 0 Å². The molecule has 1 aromatic carbocycles. The van der Waals surface area contributed by atoms with Crippen LogP contribution in [0, 0.1) is 6.92 Å². The largest absolute Gasteiger partial charge is 0.344 e. The molecular formula is C19H21N3OS. The van der Waals surface area contributed by atoms with Crippen LogP contribution in [0.3, 0.4) is 0 Å². The van der Waals surface area contributed by atoms with Crippen molar-refractivity contribution in [2.24, 2.45) is 7.05 Å². The molecule has 3 rings (SSSR count). The first-order valence-electron chi connectivity index (χ1n) is 7.99. The number of benzene rings is 1. The van der Waals surface area contributed by atoms with Gasteiger partial charge in [-0.3, -0.25) is 9.48 Å². The summed E-state index contributed by atoms with van der Waals surface area (Å²) in [5.74, 6) is 0.0511. The average Bonchev–Trinajstić information content (AvgIpc) is 3.23. The van der Waals surface area contributed by atoms with E-state index >= 15 is 0 Å². The van der Waals surface area contributed by atoms with Gasteiger partial charge in [0.05, 0.1) is 6.04 Å². The quantitative estimate of drug-likeness (QED) is 0.745. The average molecular weight is 339 g/mol. The number of hydrogen-bond acceptors (Lipinski definition) is 3. The van der Waals surface area contributed by atoms with E-state index in [9.17, 15) is 4.79 Å². The maximum Gasteiger partial charge on any atom is 0.221 e. The molecule has 24 heavy (non-hydrogen) atoms. The van der Waals surface area contributed by atoms with E-state index in [-0.39, 0.29) is 11.9 Å². The van der Waals surface area contributed by atoms with Crippen LogP contribution < -0.4 is 5.32 Å². The molecule has 0 bridgehead atoms. The molecule has 2 heterocycles. The first-order valence-corrected chi connectivity index (χ1v) is 8.87. The van der Waals surface area contributed by atoms with Gasteiger partial charge in [-0.15, -0.1) is 11.3 Å². The van der Waals surface area contributed by atoms with Gasteiger partial charge in [-0.1, -0.05) is 35.9 Å². The summed E-state index contributed by atoms with van der Waals surface area (Å²) in [6, 6.07) is 14.3. The van der Waals surface area contributed by atoms with E-state index in [2.05, 4.69) is 47.7 Å². The SMILES string of the molecule is Cc1ccc([C@@H](NC(=O)CCc2ccnn2C)c2cccs2)cc1. The van der Waals surface area contributed by atoms with Gasteiger partial charge in [0.15, 0.2) is 0 Å². The minimum Gasteiger partial charge on any atom is -0.344 e. The lowest BCUT2D eigenvalue weighted by Crippen LogP contribution is -2.29. The van der Waals surface area contributed by atoms with Crippen LogP contribution in [0.4, 0.5) is 0 Å². The molecule has 1 atom stereocenters. The Morgan fingerprint density at radius 3 is 2.67 bits per heavy atom. The number of carbonyl (C=O) groups is 1. The number of amides is 1. The summed E-state index contributed by atoms with van der Waals surface area (Å²) < 4.78 is 1.81. The first-order chi connectivity index (χ1) is 11.6. The second kappa shape index (κ2) is 7.45. The summed E-state index contributed by atoms with van der Waals surface area (Å²) in [6.07, 6.45) is 2.90. The Morgan fingerprint density at radius 1 is 1.25 bits per heavy atom. The van der Waals surface area contributed by atoms with Crippen molar-refractivity contribution in [2.45, 2.75) is 25.8 Å². The lowest BCUT2D eigenvalue weighted by molar-refractivity contribution is -0.121. The fourth-order valence-corrected chi connectivity index (χ4v) is 3.46. The van der Waals surface area contributed by atoms with Crippen LogP contribution in [0.5, 0.6) is 0 Å². The topological polar surface area (TPSA) is 46.9 Å². The molecule has 0 aliphatic heterocycles. The standard InChI is InChI=1S/C19H21N3OS/c1-14-5-7-15(8-6-14)19(17-4-3-13-24-17)21-18(23)10-9-16-11-12-20-22(16)2/h3-8,11-13,19H,9-10H2,1-2H3,(H,21,23)/t19-/m1/s1. The minimum absolute atomic E-state index is 0.0511. The van der Waals surface area contributed by atoms with E-state index in [1.54, 1.807) is 17.5 Å². The normalized spacial score (nSPS) is 12.1. The Labute approximate surface area is 146 Å². The number of aryl methyl sites for hydroxylation is 3. The molecule has 0 aliphatic rings. The van der Waals surface area contributed by atoms with Crippen molar-refractivity contribution >= 4 is 17.2 Å². The highest BCUT2D eigenvalue weighted by Crippen LogP contribution is 2.26. The summed E-state index contributed by atoms with van der Waals surface area (Å²) in [5.41, 5.74) is 3.39. The Bertz CT molecular complexity index is 790. The van der Waals surface area contributed by atoms with Crippen molar-refractivity contribution in [3.63, 3.8) is 0 Å². The van der Waals surface area contributed by atoms with Crippen molar-refractivity contribution in [1.29, 1.82) is 0 Å². The summed E-state index contributed by atoms with van der Waals surface area (Å²) in [5, 5.41) is 9.36. The Hall–Kier alpha value is -2.40. The highest BCUT2D eigenvalue weighted by molar-refractivity contribution is 7.10. The van der Waals surface area contributed by atoms with E-state index in [1.165, 1.54) is 5.56 Å². The number of carbonyl (C=O) groups excluding carboxylic acids is 1. The molecular weight excluding hydrogens is 318 g/mol. The highest BCUT2D eigenvalue weighted by Gasteiger charge is 2.18. The molecule has 0 aliphatic carbocycles. The summed E-state index contributed by atoms with van der Waals surface area (Å²) in [6.45, 7) is 2.07. The van der Waals surface area contributed by atoms with E-state index in [0.717, 1.165) is 16.1 Å². The second-order valence-electron chi connectivity index (χ2n) is 5.87. The van der Waals surface area contributed by atoms with Gasteiger partial charge >= 0.3 is 0 Å². The van der Waals surface area contributed by atoms with Gasteiger partial charge in [-0.25, -0.2) is 0 Å². The fraction of sp³-hybridized carbons (Fsp3) is 0.263. The molecule has 3 aromatic rings. The molecule has 0 fully saturated rings. The predicted molar refractivity (Wildman–Crippen MR) is 97.0 cm³/mol. The fourth-order valence-electron chi connectivity index (χ4n) is 2.65. The van der Waals surface area contributed by atoms with Gasteiger partial charge in [0.1, 0.15) is 0 Å². The van der Waals surface area contributed by atoms with Crippen LogP contribution in [0.25, 0.3) is 0 Å². The lowest BCUT2D eigenvalue weighted by atomic mass is 10.0. The van der Waals surface area contributed by atoms with Crippen molar-refractivity contribution < 1.29 is 4.79 Å². The Morgan fingerprint density at radius 2 is 2.04 bits per heavy atom.